The number of fused-ring (bicyclic) bond motifs is 3. The molecule has 1 unspecified atom stereocenters. The summed E-state index contributed by atoms with van der Waals surface area (Å²) in [6.07, 6.45) is -0.659. The third-order valence-electron chi connectivity index (χ3n) is 4.99. The number of benzene rings is 4. The van der Waals surface area contributed by atoms with E-state index in [4.69, 9.17) is 0 Å². The zero-order valence-corrected chi connectivity index (χ0v) is 13.9. The molecule has 0 spiro atoms. The van der Waals surface area contributed by atoms with Gasteiger partial charge in [0.05, 0.1) is 5.56 Å². The zero-order chi connectivity index (χ0) is 17.7. The zero-order valence-electron chi connectivity index (χ0n) is 13.9. The van der Waals surface area contributed by atoms with Crippen LogP contribution in [-0.4, -0.2) is 16.2 Å². The fourth-order valence-electron chi connectivity index (χ4n) is 3.78. The fraction of sp³-hybridized carbons (Fsp3) is 0.0455. The van der Waals surface area contributed by atoms with E-state index in [0.717, 1.165) is 37.9 Å². The SMILES string of the molecule is O=C1c2ccccc2NC(c2c3ccccc3cc3ccccc23)N1O. The Kier molecular flexibility index (Phi) is 3.20. The molecule has 1 amide bonds. The van der Waals surface area contributed by atoms with E-state index in [0.29, 0.717) is 5.56 Å². The molecule has 2 N–H and O–H groups in total. The first kappa shape index (κ1) is 14.9. The average Bonchev–Trinajstić information content (AvgIpc) is 2.69. The predicted octanol–water partition coefficient (Wildman–Crippen LogP) is 4.95. The molecule has 1 heterocycles. The topological polar surface area (TPSA) is 52.6 Å². The van der Waals surface area contributed by atoms with E-state index < -0.39 is 12.1 Å². The highest BCUT2D eigenvalue weighted by Gasteiger charge is 2.33. The van der Waals surface area contributed by atoms with Crippen molar-refractivity contribution in [2.75, 3.05) is 5.32 Å². The van der Waals surface area contributed by atoms with E-state index in [1.54, 1.807) is 12.1 Å². The Labute approximate surface area is 150 Å². The number of rotatable bonds is 1. The van der Waals surface area contributed by atoms with Crippen molar-refractivity contribution in [2.24, 2.45) is 0 Å². The Morgan fingerprint density at radius 1 is 0.808 bits per heavy atom. The molecule has 1 aliphatic heterocycles. The molecule has 126 valence electrons. The summed E-state index contributed by atoms with van der Waals surface area (Å²) in [7, 11) is 0. The van der Waals surface area contributed by atoms with Gasteiger partial charge in [-0.3, -0.25) is 10.0 Å². The molecule has 0 radical (unpaired) electrons. The molecule has 5 rings (SSSR count). The molecule has 4 aromatic carbocycles. The van der Waals surface area contributed by atoms with E-state index in [-0.39, 0.29) is 0 Å². The Hall–Kier alpha value is -3.37. The number of carbonyl (C=O) groups is 1. The van der Waals surface area contributed by atoms with Crippen LogP contribution in [-0.2, 0) is 0 Å². The number of amides is 1. The van der Waals surface area contributed by atoms with Gasteiger partial charge in [-0.1, -0.05) is 60.7 Å². The van der Waals surface area contributed by atoms with E-state index in [1.165, 1.54) is 0 Å². The maximum Gasteiger partial charge on any atom is 0.281 e. The molecule has 4 aromatic rings. The van der Waals surface area contributed by atoms with Crippen molar-refractivity contribution >= 4 is 33.1 Å². The summed E-state index contributed by atoms with van der Waals surface area (Å²) >= 11 is 0. The second-order valence-corrected chi connectivity index (χ2v) is 6.47. The van der Waals surface area contributed by atoms with Crippen LogP contribution in [0.25, 0.3) is 21.5 Å². The molecule has 0 saturated carbocycles. The lowest BCUT2D eigenvalue weighted by atomic mass is 9.93. The third-order valence-corrected chi connectivity index (χ3v) is 4.99. The lowest BCUT2D eigenvalue weighted by Gasteiger charge is -2.34. The lowest BCUT2D eigenvalue weighted by Crippen LogP contribution is -2.40. The normalized spacial score (nSPS) is 16.6. The molecule has 1 aliphatic rings. The minimum atomic E-state index is -0.659. The minimum Gasteiger partial charge on any atom is -0.359 e. The number of hydroxylamine groups is 2. The van der Waals surface area contributed by atoms with Gasteiger partial charge in [0.1, 0.15) is 0 Å². The number of carbonyl (C=O) groups excluding carboxylic acids is 1. The van der Waals surface area contributed by atoms with Crippen LogP contribution in [0.5, 0.6) is 0 Å². The van der Waals surface area contributed by atoms with Crippen molar-refractivity contribution in [3.05, 3.63) is 90.0 Å². The summed E-state index contributed by atoms with van der Waals surface area (Å²) in [5.41, 5.74) is 2.09. The molecule has 0 bridgehead atoms. The molecule has 26 heavy (non-hydrogen) atoms. The molecule has 0 aliphatic carbocycles. The van der Waals surface area contributed by atoms with Crippen LogP contribution in [0.2, 0.25) is 0 Å². The van der Waals surface area contributed by atoms with Crippen molar-refractivity contribution < 1.29 is 10.0 Å². The first-order chi connectivity index (χ1) is 12.7. The largest absolute Gasteiger partial charge is 0.359 e. The number of nitrogens with zero attached hydrogens (tertiary/aromatic N) is 1. The van der Waals surface area contributed by atoms with Crippen LogP contribution in [0.3, 0.4) is 0 Å². The Morgan fingerprint density at radius 3 is 2.08 bits per heavy atom. The van der Waals surface area contributed by atoms with Crippen molar-refractivity contribution in [3.63, 3.8) is 0 Å². The second-order valence-electron chi connectivity index (χ2n) is 6.47. The molecule has 0 fully saturated rings. The van der Waals surface area contributed by atoms with Crippen molar-refractivity contribution in [2.45, 2.75) is 6.17 Å². The Bertz CT molecular complexity index is 1120. The summed E-state index contributed by atoms with van der Waals surface area (Å²) in [5, 5.41) is 19.0. The second kappa shape index (κ2) is 5.58. The van der Waals surface area contributed by atoms with Gasteiger partial charge in [0.25, 0.3) is 5.91 Å². The van der Waals surface area contributed by atoms with Gasteiger partial charge in [-0.05, 0) is 39.7 Å². The van der Waals surface area contributed by atoms with Crippen LogP contribution < -0.4 is 5.32 Å². The molecular weight excluding hydrogens is 324 g/mol. The standard InChI is InChI=1S/C22H16N2O2/c25-22-18-11-5-6-12-19(18)23-21(24(22)26)20-16-9-3-1-7-14(16)13-15-8-2-4-10-17(15)20/h1-13,21,23,26H. The van der Waals surface area contributed by atoms with Gasteiger partial charge in [-0.15, -0.1) is 0 Å². The highest BCUT2D eigenvalue weighted by Crippen LogP contribution is 2.39. The Morgan fingerprint density at radius 2 is 1.38 bits per heavy atom. The summed E-state index contributed by atoms with van der Waals surface area (Å²) < 4.78 is 0. The molecule has 0 aromatic heterocycles. The van der Waals surface area contributed by atoms with Crippen molar-refractivity contribution in [3.8, 4) is 0 Å². The molecule has 1 atom stereocenters. The minimum absolute atomic E-state index is 0.402. The molecule has 0 saturated heterocycles. The van der Waals surface area contributed by atoms with Gasteiger partial charge in [0.15, 0.2) is 6.17 Å². The number of hydrogen-bond donors (Lipinski definition) is 2. The maximum atomic E-state index is 12.7. The monoisotopic (exact) mass is 340 g/mol. The van der Waals surface area contributed by atoms with Gasteiger partial charge in [-0.2, -0.15) is 5.06 Å². The van der Waals surface area contributed by atoms with Crippen LogP contribution in [0.15, 0.2) is 78.9 Å². The molecular formula is C22H16N2O2. The van der Waals surface area contributed by atoms with Gasteiger partial charge >= 0.3 is 0 Å². The van der Waals surface area contributed by atoms with Gasteiger partial charge in [0.2, 0.25) is 0 Å². The number of para-hydroxylation sites is 1. The van der Waals surface area contributed by atoms with E-state index in [2.05, 4.69) is 11.4 Å². The molecule has 4 heteroatoms. The number of hydrogen-bond acceptors (Lipinski definition) is 3. The first-order valence-electron chi connectivity index (χ1n) is 8.52. The predicted molar refractivity (Wildman–Crippen MR) is 102 cm³/mol. The van der Waals surface area contributed by atoms with Gasteiger partial charge in [-0.25, -0.2) is 0 Å². The van der Waals surface area contributed by atoms with Gasteiger partial charge in [0, 0.05) is 11.3 Å². The van der Waals surface area contributed by atoms with Crippen LogP contribution in [0.1, 0.15) is 22.1 Å². The smallest absolute Gasteiger partial charge is 0.281 e. The number of anilines is 1. The van der Waals surface area contributed by atoms with Crippen LogP contribution in [0.4, 0.5) is 5.69 Å². The lowest BCUT2D eigenvalue weighted by molar-refractivity contribution is -0.0844. The average molecular weight is 340 g/mol. The summed E-state index contributed by atoms with van der Waals surface area (Å²) in [6.45, 7) is 0. The fourth-order valence-corrected chi connectivity index (χ4v) is 3.78. The molecule has 4 nitrogen and oxygen atoms in total. The quantitative estimate of drug-likeness (QED) is 0.381. The third kappa shape index (κ3) is 2.09. The highest BCUT2D eigenvalue weighted by atomic mass is 16.5. The summed E-state index contributed by atoms with van der Waals surface area (Å²) in [5.74, 6) is -0.402. The summed E-state index contributed by atoms with van der Waals surface area (Å²) in [4.78, 5) is 12.7. The summed E-state index contributed by atoms with van der Waals surface area (Å²) in [6, 6.07) is 25.5. The van der Waals surface area contributed by atoms with Gasteiger partial charge < -0.3 is 5.32 Å². The van der Waals surface area contributed by atoms with E-state index in [1.807, 2.05) is 60.7 Å². The van der Waals surface area contributed by atoms with E-state index in [9.17, 15) is 10.0 Å². The van der Waals surface area contributed by atoms with Crippen molar-refractivity contribution in [1.82, 2.24) is 5.06 Å². The number of nitrogens with one attached hydrogen (secondary N) is 1. The van der Waals surface area contributed by atoms with Crippen molar-refractivity contribution in [1.29, 1.82) is 0 Å². The highest BCUT2D eigenvalue weighted by molar-refractivity contribution is 6.05. The maximum absolute atomic E-state index is 12.7. The first-order valence-corrected chi connectivity index (χ1v) is 8.52. The Balaban J connectivity index is 1.82. The van der Waals surface area contributed by atoms with E-state index >= 15 is 0 Å². The van der Waals surface area contributed by atoms with Crippen LogP contribution in [0, 0.1) is 0 Å². The van der Waals surface area contributed by atoms with Crippen LogP contribution >= 0.6 is 0 Å².